The van der Waals surface area contributed by atoms with Crippen molar-refractivity contribution in [3.05, 3.63) is 42.4 Å². The molecule has 0 saturated carbocycles. The van der Waals surface area contributed by atoms with Crippen molar-refractivity contribution in [1.29, 1.82) is 5.26 Å². The molecule has 5 heterocycles. The molecule has 196 valence electrons. The lowest BCUT2D eigenvalue weighted by Crippen LogP contribution is -2.40. The number of aromatic nitrogens is 3. The van der Waals surface area contributed by atoms with E-state index in [2.05, 4.69) is 23.0 Å². The van der Waals surface area contributed by atoms with Gasteiger partial charge in [0.25, 0.3) is 0 Å². The lowest BCUT2D eigenvalue weighted by atomic mass is 9.77. The molecule has 2 aliphatic rings. The maximum atomic E-state index is 12.4. The van der Waals surface area contributed by atoms with Crippen LogP contribution < -0.4 is 9.64 Å². The second-order valence-corrected chi connectivity index (χ2v) is 9.84. The number of piperidine rings is 1. The number of hydrogen-bond donors (Lipinski definition) is 0. The van der Waals surface area contributed by atoms with E-state index in [0.717, 1.165) is 54.8 Å². The molecule has 0 spiro atoms. The predicted molar refractivity (Wildman–Crippen MR) is 144 cm³/mol. The van der Waals surface area contributed by atoms with Gasteiger partial charge in [0.15, 0.2) is 0 Å². The van der Waals surface area contributed by atoms with E-state index in [0.29, 0.717) is 37.6 Å². The first-order valence-electron chi connectivity index (χ1n) is 12.5. The minimum Gasteiger partial charge on any atom is -0.492 e. The van der Waals surface area contributed by atoms with Crippen molar-refractivity contribution in [2.75, 3.05) is 37.8 Å². The second-order valence-electron chi connectivity index (χ2n) is 9.84. The molecule has 5 rings (SSSR count). The zero-order valence-electron chi connectivity index (χ0n) is 21.3. The monoisotopic (exact) mass is 523 g/mol. The van der Waals surface area contributed by atoms with Crippen LogP contribution in [0.4, 0.5) is 5.82 Å². The number of nitrogens with zero attached hydrogens (tertiary/aromatic N) is 5. The molecule has 2 fully saturated rings. The van der Waals surface area contributed by atoms with E-state index in [1.165, 1.54) is 0 Å². The molecule has 37 heavy (non-hydrogen) atoms. The van der Waals surface area contributed by atoms with Gasteiger partial charge in [-0.3, -0.25) is 4.79 Å². The van der Waals surface area contributed by atoms with Gasteiger partial charge >= 0.3 is 5.97 Å². The molecule has 0 radical (unpaired) electrons. The molecular formula is C27H33N5O4S. The van der Waals surface area contributed by atoms with Gasteiger partial charge < -0.3 is 19.1 Å². The summed E-state index contributed by atoms with van der Waals surface area (Å²) in [5, 5.41) is 13.9. The second kappa shape index (κ2) is 11.4. The fraction of sp³-hybridized carbons (Fsp3) is 0.481. The number of hydrogen-bond acceptors (Lipinski definition) is 8. The minimum atomic E-state index is -0.124. The molecule has 0 N–H and O–H groups in total. The Morgan fingerprint density at radius 1 is 1.30 bits per heavy atom. The van der Waals surface area contributed by atoms with Crippen molar-refractivity contribution in [2.45, 2.75) is 45.6 Å². The minimum absolute atomic E-state index is 0. The molecule has 3 aromatic heterocycles. The third-order valence-electron chi connectivity index (χ3n) is 7.13. The zero-order valence-corrected chi connectivity index (χ0v) is 22.3. The molecule has 9 nitrogen and oxygen atoms in total. The topological polar surface area (TPSA) is 102 Å². The molecular weight excluding hydrogens is 490 g/mol. The van der Waals surface area contributed by atoms with Gasteiger partial charge in [-0.25, -0.2) is 9.50 Å². The van der Waals surface area contributed by atoms with E-state index < -0.39 is 0 Å². The first kappa shape index (κ1) is 26.8. The summed E-state index contributed by atoms with van der Waals surface area (Å²) in [7, 11) is 0. The predicted octanol–water partition coefficient (Wildman–Crippen LogP) is 4.11. The summed E-state index contributed by atoms with van der Waals surface area (Å²) in [6.45, 7) is 7.47. The van der Waals surface area contributed by atoms with Crippen LogP contribution in [-0.4, -0.2) is 59.6 Å². The Balaban J connectivity index is 0.00000320. The van der Waals surface area contributed by atoms with Crippen molar-refractivity contribution < 1.29 is 19.0 Å². The molecule has 2 aliphatic heterocycles. The van der Waals surface area contributed by atoms with Gasteiger partial charge in [-0.15, -0.1) is 0 Å². The molecule has 2 saturated heterocycles. The normalized spacial score (nSPS) is 18.7. The molecule has 3 aromatic rings. The van der Waals surface area contributed by atoms with Gasteiger partial charge in [0.2, 0.25) is 0 Å². The number of anilines is 1. The maximum Gasteiger partial charge on any atom is 0.306 e. The van der Waals surface area contributed by atoms with Crippen molar-refractivity contribution in [2.24, 2.45) is 5.41 Å². The number of fused-ring (bicyclic) bond motifs is 1. The Bertz CT molecular complexity index is 1270. The van der Waals surface area contributed by atoms with Gasteiger partial charge in [0, 0.05) is 36.8 Å². The summed E-state index contributed by atoms with van der Waals surface area (Å²) in [5.74, 6) is 1.46. The number of carbonyl (C=O) groups is 1. The largest absolute Gasteiger partial charge is 0.492 e. The van der Waals surface area contributed by atoms with Crippen LogP contribution >= 0.6 is 13.5 Å². The molecule has 1 atom stereocenters. The summed E-state index contributed by atoms with van der Waals surface area (Å²) < 4.78 is 18.3. The lowest BCUT2D eigenvalue weighted by molar-refractivity contribution is -0.152. The molecule has 0 aliphatic carbocycles. The number of nitriles is 1. The number of rotatable bonds is 7. The van der Waals surface area contributed by atoms with Crippen LogP contribution in [0.25, 0.3) is 16.6 Å². The average Bonchev–Trinajstić information content (AvgIpc) is 3.54. The highest BCUT2D eigenvalue weighted by molar-refractivity contribution is 7.59. The number of pyridine rings is 2. The summed E-state index contributed by atoms with van der Waals surface area (Å²) in [6.07, 6.45) is 8.11. The van der Waals surface area contributed by atoms with E-state index >= 15 is 0 Å². The first-order valence-corrected chi connectivity index (χ1v) is 12.5. The Labute approximate surface area is 223 Å². The molecule has 10 heteroatoms. The van der Waals surface area contributed by atoms with E-state index in [4.69, 9.17) is 19.2 Å². The number of carbonyl (C=O) groups excluding carboxylic acids is 1. The van der Waals surface area contributed by atoms with Crippen LogP contribution in [0.3, 0.4) is 0 Å². The van der Waals surface area contributed by atoms with Crippen molar-refractivity contribution in [1.82, 2.24) is 14.6 Å². The Morgan fingerprint density at radius 3 is 2.76 bits per heavy atom. The quantitative estimate of drug-likeness (QED) is 0.427. The van der Waals surface area contributed by atoms with Gasteiger partial charge in [-0.1, -0.05) is 6.92 Å². The Hall–Kier alpha value is -3.29. The van der Waals surface area contributed by atoms with Crippen LogP contribution in [-0.2, 0) is 14.3 Å². The van der Waals surface area contributed by atoms with E-state index in [-0.39, 0.29) is 31.0 Å². The molecule has 0 bridgehead atoms. The van der Waals surface area contributed by atoms with E-state index in [9.17, 15) is 10.1 Å². The van der Waals surface area contributed by atoms with Crippen molar-refractivity contribution >= 4 is 30.8 Å². The van der Waals surface area contributed by atoms with Gasteiger partial charge in [0.1, 0.15) is 23.7 Å². The van der Waals surface area contributed by atoms with Crippen molar-refractivity contribution in [3.63, 3.8) is 0 Å². The highest BCUT2D eigenvalue weighted by Gasteiger charge is 2.34. The summed E-state index contributed by atoms with van der Waals surface area (Å²) in [6, 6.07) is 8.19. The van der Waals surface area contributed by atoms with Crippen molar-refractivity contribution in [3.8, 4) is 22.9 Å². The average molecular weight is 524 g/mol. The van der Waals surface area contributed by atoms with Crippen LogP contribution in [0.1, 0.15) is 45.1 Å². The fourth-order valence-electron chi connectivity index (χ4n) is 5.01. The number of ether oxygens (including phenoxy) is 3. The third-order valence-corrected chi connectivity index (χ3v) is 7.13. The van der Waals surface area contributed by atoms with E-state index in [1.807, 2.05) is 31.3 Å². The van der Waals surface area contributed by atoms with Crippen LogP contribution in [0.2, 0.25) is 0 Å². The van der Waals surface area contributed by atoms with Crippen LogP contribution in [0.15, 0.2) is 36.8 Å². The first-order chi connectivity index (χ1) is 17.5. The smallest absolute Gasteiger partial charge is 0.306 e. The zero-order chi connectivity index (χ0) is 25.1. The summed E-state index contributed by atoms with van der Waals surface area (Å²) in [5.41, 5.74) is 2.91. The van der Waals surface area contributed by atoms with E-state index in [1.54, 1.807) is 16.9 Å². The molecule has 0 amide bonds. The number of esters is 1. The fourth-order valence-corrected chi connectivity index (χ4v) is 5.01. The van der Waals surface area contributed by atoms with Gasteiger partial charge in [0.05, 0.1) is 49.7 Å². The van der Waals surface area contributed by atoms with Crippen LogP contribution in [0.5, 0.6) is 5.75 Å². The standard InChI is InChI=1S/C27H31N5O4.H2S/c1-3-35-22-12-23(26-20(14-28)16-30-32(26)17-22)19-4-5-24(29-15-19)31-9-7-27(2,8-10-31)13-25(33)36-21-6-11-34-18-21;/h4-5,12,15-17,21H,3,6-11,13,18H2,1-2H3;1H2/t21-;/m0./s1. The SMILES string of the molecule is CCOc1cc(-c2ccc(N3CCC(C)(CC(=O)O[C@H]4CCOC4)CC3)nc2)c2c(C#N)cnn2c1.S. The Morgan fingerprint density at radius 2 is 2.11 bits per heavy atom. The Kier molecular flexibility index (Phi) is 8.25. The van der Waals surface area contributed by atoms with Gasteiger partial charge in [-0.05, 0) is 43.4 Å². The molecule has 0 aromatic carbocycles. The maximum absolute atomic E-state index is 12.4. The summed E-state index contributed by atoms with van der Waals surface area (Å²) >= 11 is 0. The highest BCUT2D eigenvalue weighted by Crippen LogP contribution is 2.37. The highest BCUT2D eigenvalue weighted by atomic mass is 32.1. The lowest BCUT2D eigenvalue weighted by Gasteiger charge is -2.39. The van der Waals surface area contributed by atoms with Gasteiger partial charge in [-0.2, -0.15) is 23.9 Å². The summed E-state index contributed by atoms with van der Waals surface area (Å²) in [4.78, 5) is 19.4. The third kappa shape index (κ3) is 5.84. The van der Waals surface area contributed by atoms with Crippen LogP contribution in [0, 0.1) is 16.7 Å². The molecule has 0 unspecified atom stereocenters.